The second-order valence-electron chi connectivity index (χ2n) is 7.85. The van der Waals surface area contributed by atoms with Crippen molar-refractivity contribution in [1.82, 2.24) is 20.1 Å². The van der Waals surface area contributed by atoms with Crippen LogP contribution in [0.15, 0.2) is 29.3 Å². The molecule has 1 aromatic heterocycles. The van der Waals surface area contributed by atoms with Gasteiger partial charge in [0.1, 0.15) is 29.3 Å². The van der Waals surface area contributed by atoms with E-state index in [1.54, 1.807) is 0 Å². The van der Waals surface area contributed by atoms with Crippen LogP contribution in [0.2, 0.25) is 0 Å². The highest BCUT2D eigenvalue weighted by Crippen LogP contribution is 2.40. The number of guanidine groups is 1. The quantitative estimate of drug-likeness (QED) is 0.413. The molecular weight excluding hydrogens is 404 g/mol. The first-order valence-electron chi connectivity index (χ1n) is 10.6. The molecule has 0 spiro atoms. The van der Waals surface area contributed by atoms with Gasteiger partial charge in [0.15, 0.2) is 6.19 Å². The molecule has 6 N–H and O–H groups in total. The number of benzene rings is 1. The molecule has 1 fully saturated rings. The van der Waals surface area contributed by atoms with Crippen LogP contribution in [0.3, 0.4) is 0 Å². The second kappa shape index (κ2) is 9.10. The summed E-state index contributed by atoms with van der Waals surface area (Å²) in [6.45, 7) is 8.51. The molecule has 0 saturated carbocycles. The van der Waals surface area contributed by atoms with Crippen molar-refractivity contribution in [3.05, 3.63) is 46.5 Å². The molecule has 2 aliphatic rings. The maximum Gasteiger partial charge on any atom is 0.211 e. The molecule has 1 atom stereocenters. The molecule has 2 aromatic rings. The summed E-state index contributed by atoms with van der Waals surface area (Å²) in [6.07, 6.45) is 1.86. The lowest BCUT2D eigenvalue weighted by molar-refractivity contribution is 0.132. The predicted octanol–water partition coefficient (Wildman–Crippen LogP) is 1.20. The number of hydrogen-bond donors (Lipinski definition) is 4. The molecule has 4 rings (SSSR count). The number of likely N-dealkylation sites (N-methyl/N-ethyl adjacent to an activating group) is 1. The monoisotopic (exact) mass is 430 g/mol. The van der Waals surface area contributed by atoms with Crippen LogP contribution in [0, 0.1) is 22.8 Å². The number of pyridine rings is 1. The Morgan fingerprint density at radius 1 is 1.12 bits per heavy atom. The standard InChI is InChI=1S/C22H26N10/c1-2-31-7-9-32(10-8-31)12-14-3-5-15(6-4-14)19-17-18(25)16(11-23)20(26)29-21(17)30-22(28-19)27-13-24/h3-6,19H,2,7-10,12H2,1H3,(H6,25,26,27,28,29,30). The minimum Gasteiger partial charge on any atom is -0.397 e. The second-order valence-corrected chi connectivity index (χ2v) is 7.85. The highest BCUT2D eigenvalue weighted by atomic mass is 15.3. The number of nitrogen functional groups attached to an aromatic ring is 2. The Morgan fingerprint density at radius 2 is 1.81 bits per heavy atom. The Morgan fingerprint density at radius 3 is 2.44 bits per heavy atom. The van der Waals surface area contributed by atoms with Crippen LogP contribution in [0.5, 0.6) is 0 Å². The summed E-state index contributed by atoms with van der Waals surface area (Å²) in [5, 5.41) is 23.9. The van der Waals surface area contributed by atoms with Crippen molar-refractivity contribution in [1.29, 1.82) is 10.5 Å². The Bertz CT molecular complexity index is 1100. The summed E-state index contributed by atoms with van der Waals surface area (Å²) in [5.41, 5.74) is 15.2. The van der Waals surface area contributed by atoms with E-state index in [-0.39, 0.29) is 23.0 Å². The highest BCUT2D eigenvalue weighted by molar-refractivity contribution is 5.98. The van der Waals surface area contributed by atoms with Gasteiger partial charge < -0.3 is 21.7 Å². The van der Waals surface area contributed by atoms with Gasteiger partial charge in [-0.1, -0.05) is 31.2 Å². The first-order valence-corrected chi connectivity index (χ1v) is 10.6. The summed E-state index contributed by atoms with van der Waals surface area (Å²) in [6, 6.07) is 9.68. The third kappa shape index (κ3) is 4.14. The third-order valence-electron chi connectivity index (χ3n) is 5.97. The first kappa shape index (κ1) is 21.4. The SMILES string of the molecule is CCN1CCN(Cc2ccc(C3N=C(NC#N)Nc4nc(N)c(C#N)c(N)c43)cc2)CC1. The van der Waals surface area contributed by atoms with Crippen molar-refractivity contribution in [2.75, 3.05) is 49.5 Å². The van der Waals surface area contributed by atoms with Crippen molar-refractivity contribution in [2.45, 2.75) is 19.5 Å². The van der Waals surface area contributed by atoms with Crippen LogP contribution in [0.25, 0.3) is 0 Å². The Balaban J connectivity index is 1.61. The Kier molecular flexibility index (Phi) is 6.08. The molecule has 3 heterocycles. The van der Waals surface area contributed by atoms with Crippen molar-refractivity contribution in [3.8, 4) is 12.3 Å². The number of piperazine rings is 1. The van der Waals surface area contributed by atoms with E-state index in [9.17, 15) is 5.26 Å². The average Bonchev–Trinajstić information content (AvgIpc) is 2.80. The van der Waals surface area contributed by atoms with Gasteiger partial charge in [0.05, 0.1) is 5.69 Å². The molecule has 32 heavy (non-hydrogen) atoms. The van der Waals surface area contributed by atoms with E-state index in [0.717, 1.165) is 44.8 Å². The van der Waals surface area contributed by atoms with Gasteiger partial charge in [0.2, 0.25) is 5.96 Å². The minimum atomic E-state index is -0.524. The van der Waals surface area contributed by atoms with Gasteiger partial charge in [-0.2, -0.15) is 10.5 Å². The normalized spacial score (nSPS) is 18.6. The molecule has 0 amide bonds. The molecule has 0 radical (unpaired) electrons. The summed E-state index contributed by atoms with van der Waals surface area (Å²) < 4.78 is 0. The molecule has 1 saturated heterocycles. The van der Waals surface area contributed by atoms with Crippen LogP contribution >= 0.6 is 0 Å². The summed E-state index contributed by atoms with van der Waals surface area (Å²) in [5.74, 6) is 0.667. The molecule has 10 heteroatoms. The number of fused-ring (bicyclic) bond motifs is 1. The number of rotatable bonds is 4. The third-order valence-corrected chi connectivity index (χ3v) is 5.97. The van der Waals surface area contributed by atoms with Gasteiger partial charge in [-0.3, -0.25) is 10.2 Å². The van der Waals surface area contributed by atoms with Crippen molar-refractivity contribution in [2.24, 2.45) is 4.99 Å². The number of nitrogens with two attached hydrogens (primary N) is 2. The number of nitrogens with zero attached hydrogens (tertiary/aromatic N) is 6. The number of nitriles is 2. The molecule has 2 aliphatic heterocycles. The van der Waals surface area contributed by atoms with Crippen molar-refractivity contribution >= 4 is 23.3 Å². The Labute approximate surface area is 187 Å². The summed E-state index contributed by atoms with van der Waals surface area (Å²) in [7, 11) is 0. The lowest BCUT2D eigenvalue weighted by Gasteiger charge is -2.34. The van der Waals surface area contributed by atoms with E-state index >= 15 is 0 Å². The predicted molar refractivity (Wildman–Crippen MR) is 123 cm³/mol. The molecule has 10 nitrogen and oxygen atoms in total. The van der Waals surface area contributed by atoms with Crippen molar-refractivity contribution < 1.29 is 0 Å². The van der Waals surface area contributed by atoms with E-state index in [1.807, 2.05) is 24.4 Å². The molecule has 1 unspecified atom stereocenters. The van der Waals surface area contributed by atoms with Crippen LogP contribution in [-0.4, -0.2) is 53.5 Å². The van der Waals surface area contributed by atoms with Crippen LogP contribution in [0.4, 0.5) is 17.3 Å². The lowest BCUT2D eigenvalue weighted by Crippen LogP contribution is -2.45. The number of nitrogens with one attached hydrogen (secondary N) is 2. The van der Waals surface area contributed by atoms with Gasteiger partial charge >= 0.3 is 0 Å². The van der Waals surface area contributed by atoms with Crippen molar-refractivity contribution in [3.63, 3.8) is 0 Å². The highest BCUT2D eigenvalue weighted by Gasteiger charge is 2.29. The largest absolute Gasteiger partial charge is 0.397 e. The lowest BCUT2D eigenvalue weighted by atomic mass is 9.94. The van der Waals surface area contributed by atoms with E-state index in [1.165, 1.54) is 5.56 Å². The van der Waals surface area contributed by atoms with Gasteiger partial charge in [0.25, 0.3) is 0 Å². The number of aromatic nitrogens is 1. The molecule has 164 valence electrons. The average molecular weight is 431 g/mol. The summed E-state index contributed by atoms with van der Waals surface area (Å²) in [4.78, 5) is 13.8. The van der Waals surface area contributed by atoms with Crippen LogP contribution in [0.1, 0.15) is 35.2 Å². The number of hydrogen-bond acceptors (Lipinski definition) is 10. The molecule has 0 aliphatic carbocycles. The first-order chi connectivity index (χ1) is 15.5. The van der Waals surface area contributed by atoms with E-state index in [2.05, 4.69) is 49.5 Å². The Hall–Kier alpha value is -3.86. The fourth-order valence-electron chi connectivity index (χ4n) is 4.15. The zero-order chi connectivity index (χ0) is 22.7. The van der Waals surface area contributed by atoms with Gasteiger partial charge in [-0.25, -0.2) is 9.98 Å². The van der Waals surface area contributed by atoms with E-state index < -0.39 is 6.04 Å². The topological polar surface area (TPSA) is 155 Å². The van der Waals surface area contributed by atoms with E-state index in [0.29, 0.717) is 11.4 Å². The maximum atomic E-state index is 9.45. The molecule has 0 bridgehead atoms. The van der Waals surface area contributed by atoms with Gasteiger partial charge in [0, 0.05) is 38.3 Å². The van der Waals surface area contributed by atoms with Gasteiger partial charge in [-0.05, 0) is 17.7 Å². The number of anilines is 3. The zero-order valence-corrected chi connectivity index (χ0v) is 18.0. The van der Waals surface area contributed by atoms with Crippen LogP contribution in [-0.2, 0) is 6.54 Å². The fraction of sp³-hybridized carbons (Fsp3) is 0.364. The van der Waals surface area contributed by atoms with Crippen LogP contribution < -0.4 is 22.1 Å². The fourth-order valence-corrected chi connectivity index (χ4v) is 4.15. The number of aliphatic imine (C=N–C) groups is 1. The summed E-state index contributed by atoms with van der Waals surface area (Å²) >= 11 is 0. The smallest absolute Gasteiger partial charge is 0.211 e. The minimum absolute atomic E-state index is 0.0340. The maximum absolute atomic E-state index is 9.45. The zero-order valence-electron chi connectivity index (χ0n) is 18.0. The van der Waals surface area contributed by atoms with E-state index in [4.69, 9.17) is 16.7 Å². The van der Waals surface area contributed by atoms with Gasteiger partial charge in [-0.15, -0.1) is 0 Å². The molecule has 1 aromatic carbocycles. The molecular formula is C22H26N10.